The Labute approximate surface area is 157 Å². The summed E-state index contributed by atoms with van der Waals surface area (Å²) in [5.41, 5.74) is 2.19. The number of benzene rings is 2. The summed E-state index contributed by atoms with van der Waals surface area (Å²) in [4.78, 5) is 12.3. The third kappa shape index (κ3) is 3.80. The highest BCUT2D eigenvalue weighted by molar-refractivity contribution is 5.94. The molecule has 0 spiro atoms. The maximum Gasteiger partial charge on any atom is 0.251 e. The van der Waals surface area contributed by atoms with Gasteiger partial charge in [-0.3, -0.25) is 4.79 Å². The molecule has 1 aromatic heterocycles. The highest BCUT2D eigenvalue weighted by atomic mass is 16.6. The highest BCUT2D eigenvalue weighted by Crippen LogP contribution is 2.32. The zero-order chi connectivity index (χ0) is 18.6. The Morgan fingerprint density at radius 2 is 1.74 bits per heavy atom. The van der Waals surface area contributed by atoms with Gasteiger partial charge in [-0.2, -0.15) is 0 Å². The van der Waals surface area contributed by atoms with Crippen molar-refractivity contribution >= 4 is 5.91 Å². The molecule has 138 valence electrons. The van der Waals surface area contributed by atoms with Gasteiger partial charge in [-0.1, -0.05) is 6.07 Å². The van der Waals surface area contributed by atoms with Crippen LogP contribution in [0, 0.1) is 0 Å². The van der Waals surface area contributed by atoms with Crippen molar-refractivity contribution in [2.24, 2.45) is 0 Å². The number of carbonyl (C=O) groups is 1. The van der Waals surface area contributed by atoms with Crippen LogP contribution in [0.25, 0.3) is 5.69 Å². The van der Waals surface area contributed by atoms with Gasteiger partial charge in [-0.05, 0) is 54.1 Å². The first kappa shape index (κ1) is 17.2. The van der Waals surface area contributed by atoms with Crippen molar-refractivity contribution in [1.29, 1.82) is 0 Å². The molecule has 6 heteroatoms. The van der Waals surface area contributed by atoms with Crippen LogP contribution in [0.3, 0.4) is 0 Å². The smallest absolute Gasteiger partial charge is 0.251 e. The normalized spacial score (nSPS) is 13.8. The lowest BCUT2D eigenvalue weighted by atomic mass is 10.1. The molecule has 27 heavy (non-hydrogen) atoms. The van der Waals surface area contributed by atoms with Gasteiger partial charge in [0.25, 0.3) is 5.91 Å². The summed E-state index contributed by atoms with van der Waals surface area (Å²) in [5, 5.41) is 13.1. The molecule has 0 fully saturated rings. The van der Waals surface area contributed by atoms with Crippen molar-refractivity contribution in [3.05, 3.63) is 78.1 Å². The Balaban J connectivity index is 1.37. The predicted molar refractivity (Wildman–Crippen MR) is 100 cm³/mol. The van der Waals surface area contributed by atoms with Crippen LogP contribution in [0.2, 0.25) is 0 Å². The third-order valence-electron chi connectivity index (χ3n) is 4.44. The number of nitrogens with zero attached hydrogens (tertiary/aromatic N) is 1. The molecule has 1 atom stereocenters. The molecular weight excluding hydrogens is 344 g/mol. The van der Waals surface area contributed by atoms with E-state index in [9.17, 15) is 9.90 Å². The minimum Gasteiger partial charge on any atom is -0.486 e. The van der Waals surface area contributed by atoms with E-state index in [0.717, 1.165) is 5.69 Å². The maximum absolute atomic E-state index is 12.3. The van der Waals surface area contributed by atoms with Crippen LogP contribution in [0.1, 0.15) is 22.0 Å². The lowest BCUT2D eigenvalue weighted by molar-refractivity contribution is 0.0916. The van der Waals surface area contributed by atoms with Crippen LogP contribution in [-0.2, 0) is 0 Å². The molecule has 0 radical (unpaired) electrons. The standard InChI is InChI=1S/C21H20N2O4/c24-18(16-5-8-19-20(13-16)27-12-11-26-19)14-22-21(25)15-3-6-17(7-4-15)23-9-1-2-10-23/h1-10,13,18,24H,11-12,14H2,(H,22,25). The molecule has 4 rings (SSSR count). The number of hydrogen-bond acceptors (Lipinski definition) is 4. The second-order valence-corrected chi connectivity index (χ2v) is 6.27. The van der Waals surface area contributed by atoms with Crippen molar-refractivity contribution < 1.29 is 19.4 Å². The Morgan fingerprint density at radius 3 is 2.48 bits per heavy atom. The number of aromatic nitrogens is 1. The predicted octanol–water partition coefficient (Wildman–Crippen LogP) is 2.71. The summed E-state index contributed by atoms with van der Waals surface area (Å²) in [6.45, 7) is 1.12. The van der Waals surface area contributed by atoms with Crippen LogP contribution in [-0.4, -0.2) is 35.3 Å². The van der Waals surface area contributed by atoms with E-state index in [1.807, 2.05) is 41.2 Å². The van der Waals surface area contributed by atoms with E-state index in [-0.39, 0.29) is 12.5 Å². The quantitative estimate of drug-likeness (QED) is 0.730. The number of aliphatic hydroxyl groups excluding tert-OH is 1. The summed E-state index contributed by atoms with van der Waals surface area (Å²) in [5.74, 6) is 1.05. The Morgan fingerprint density at radius 1 is 1.04 bits per heavy atom. The van der Waals surface area contributed by atoms with E-state index in [4.69, 9.17) is 9.47 Å². The van der Waals surface area contributed by atoms with Gasteiger partial charge in [-0.15, -0.1) is 0 Å². The Kier molecular flexibility index (Phi) is 4.80. The van der Waals surface area contributed by atoms with E-state index in [1.54, 1.807) is 30.3 Å². The fourth-order valence-electron chi connectivity index (χ4n) is 2.97. The maximum atomic E-state index is 12.3. The number of nitrogens with one attached hydrogen (secondary N) is 1. The van der Waals surface area contributed by atoms with Gasteiger partial charge in [0.15, 0.2) is 11.5 Å². The molecule has 1 aliphatic heterocycles. The number of fused-ring (bicyclic) bond motifs is 1. The van der Waals surface area contributed by atoms with Gasteiger partial charge in [0, 0.05) is 30.2 Å². The van der Waals surface area contributed by atoms with Crippen LogP contribution in [0.15, 0.2) is 67.0 Å². The van der Waals surface area contributed by atoms with E-state index >= 15 is 0 Å². The first-order valence-electron chi connectivity index (χ1n) is 8.80. The molecule has 2 aromatic carbocycles. The van der Waals surface area contributed by atoms with Gasteiger partial charge in [0.05, 0.1) is 6.10 Å². The highest BCUT2D eigenvalue weighted by Gasteiger charge is 2.16. The largest absolute Gasteiger partial charge is 0.486 e. The Bertz CT molecular complexity index is 920. The zero-order valence-electron chi connectivity index (χ0n) is 14.7. The Hall–Kier alpha value is -3.25. The molecule has 1 aliphatic rings. The van der Waals surface area contributed by atoms with Crippen molar-refractivity contribution in [3.8, 4) is 17.2 Å². The van der Waals surface area contributed by atoms with Gasteiger partial charge >= 0.3 is 0 Å². The van der Waals surface area contributed by atoms with Crippen molar-refractivity contribution in [2.75, 3.05) is 19.8 Å². The number of ether oxygens (including phenoxy) is 2. The molecule has 0 aliphatic carbocycles. The molecular formula is C21H20N2O4. The summed E-state index contributed by atoms with van der Waals surface area (Å²) < 4.78 is 13.0. The average molecular weight is 364 g/mol. The van der Waals surface area contributed by atoms with E-state index in [1.165, 1.54) is 0 Å². The number of rotatable bonds is 5. The minimum atomic E-state index is -0.830. The number of aliphatic hydroxyl groups is 1. The van der Waals surface area contributed by atoms with Gasteiger partial charge in [0.2, 0.25) is 0 Å². The second-order valence-electron chi connectivity index (χ2n) is 6.27. The zero-order valence-corrected chi connectivity index (χ0v) is 14.7. The van der Waals surface area contributed by atoms with Gasteiger partial charge < -0.3 is 24.5 Å². The molecule has 2 N–H and O–H groups in total. The lowest BCUT2D eigenvalue weighted by Gasteiger charge is -2.20. The molecule has 0 saturated carbocycles. The number of carbonyl (C=O) groups excluding carboxylic acids is 1. The third-order valence-corrected chi connectivity index (χ3v) is 4.44. The molecule has 1 unspecified atom stereocenters. The summed E-state index contributed by atoms with van der Waals surface area (Å²) in [7, 11) is 0. The average Bonchev–Trinajstić information content (AvgIpc) is 3.26. The molecule has 2 heterocycles. The van der Waals surface area contributed by atoms with Gasteiger partial charge in [0.1, 0.15) is 13.2 Å². The minimum absolute atomic E-state index is 0.109. The number of hydrogen-bond donors (Lipinski definition) is 2. The second kappa shape index (κ2) is 7.55. The summed E-state index contributed by atoms with van der Waals surface area (Å²) >= 11 is 0. The van der Waals surface area contributed by atoms with Crippen LogP contribution >= 0.6 is 0 Å². The van der Waals surface area contributed by atoms with Crippen LogP contribution < -0.4 is 14.8 Å². The summed E-state index contributed by atoms with van der Waals surface area (Å²) in [6.07, 6.45) is 3.06. The fourth-order valence-corrected chi connectivity index (χ4v) is 2.97. The molecule has 0 saturated heterocycles. The van der Waals surface area contributed by atoms with E-state index in [0.29, 0.717) is 35.8 Å². The van der Waals surface area contributed by atoms with Crippen molar-refractivity contribution in [1.82, 2.24) is 9.88 Å². The molecule has 1 amide bonds. The molecule has 3 aromatic rings. The first-order valence-corrected chi connectivity index (χ1v) is 8.80. The monoisotopic (exact) mass is 364 g/mol. The van der Waals surface area contributed by atoms with Gasteiger partial charge in [-0.25, -0.2) is 0 Å². The molecule has 0 bridgehead atoms. The lowest BCUT2D eigenvalue weighted by Crippen LogP contribution is -2.28. The molecule has 6 nitrogen and oxygen atoms in total. The van der Waals surface area contributed by atoms with Crippen LogP contribution in [0.5, 0.6) is 11.5 Å². The van der Waals surface area contributed by atoms with Crippen molar-refractivity contribution in [2.45, 2.75) is 6.10 Å². The summed E-state index contributed by atoms with van der Waals surface area (Å²) in [6, 6.07) is 16.5. The van der Waals surface area contributed by atoms with E-state index in [2.05, 4.69) is 5.32 Å². The van der Waals surface area contributed by atoms with E-state index < -0.39 is 6.10 Å². The van der Waals surface area contributed by atoms with Crippen molar-refractivity contribution in [3.63, 3.8) is 0 Å². The number of amides is 1. The fraction of sp³-hybridized carbons (Fsp3) is 0.190. The SMILES string of the molecule is O=C(NCC(O)c1ccc2c(c1)OCCO2)c1ccc(-n2cccc2)cc1. The first-order chi connectivity index (χ1) is 13.2. The van der Waals surface area contributed by atoms with Crippen LogP contribution in [0.4, 0.5) is 0 Å². The topological polar surface area (TPSA) is 72.7 Å².